The minimum absolute atomic E-state index is 0.229. The molecular weight excluding hydrogens is 402 g/mol. The van der Waals surface area contributed by atoms with Crippen LogP contribution in [0, 0.1) is 5.92 Å². The van der Waals surface area contributed by atoms with E-state index in [0.29, 0.717) is 18.4 Å². The van der Waals surface area contributed by atoms with Gasteiger partial charge < -0.3 is 20.3 Å². The normalized spacial score (nSPS) is 18.0. The largest absolute Gasteiger partial charge is 0.379 e. The second-order valence-electron chi connectivity index (χ2n) is 8.79. The van der Waals surface area contributed by atoms with E-state index in [-0.39, 0.29) is 5.91 Å². The zero-order valence-corrected chi connectivity index (χ0v) is 20.1. The van der Waals surface area contributed by atoms with Gasteiger partial charge in [-0.25, -0.2) is 0 Å². The first-order valence-corrected chi connectivity index (χ1v) is 12.3. The molecule has 1 aromatic rings. The van der Waals surface area contributed by atoms with E-state index in [1.807, 2.05) is 24.1 Å². The van der Waals surface area contributed by atoms with Crippen LogP contribution < -0.4 is 10.6 Å². The summed E-state index contributed by atoms with van der Waals surface area (Å²) < 4.78 is 5.55. The third kappa shape index (κ3) is 6.69. The molecule has 7 nitrogen and oxygen atoms in total. The minimum Gasteiger partial charge on any atom is -0.379 e. The highest BCUT2D eigenvalue weighted by atomic mass is 16.5. The summed E-state index contributed by atoms with van der Waals surface area (Å²) in [6, 6.07) is 8.80. The maximum atomic E-state index is 12.6. The first-order valence-electron chi connectivity index (χ1n) is 12.3. The molecule has 2 N–H and O–H groups in total. The highest BCUT2D eigenvalue weighted by Crippen LogP contribution is 2.23. The van der Waals surface area contributed by atoms with Gasteiger partial charge in [-0.3, -0.25) is 14.7 Å². The molecule has 2 aliphatic rings. The number of guanidine groups is 1. The SMILES string of the molecule is CCC(CC)C(CNC(=NC)NCCCC(=O)N1Cc2ccccc2C1)N1CCOCC1. The van der Waals surface area contributed by atoms with Crippen LogP contribution >= 0.6 is 0 Å². The van der Waals surface area contributed by atoms with E-state index in [1.165, 1.54) is 24.0 Å². The number of morpholine rings is 1. The van der Waals surface area contributed by atoms with Crippen molar-refractivity contribution in [1.82, 2.24) is 20.4 Å². The maximum Gasteiger partial charge on any atom is 0.223 e. The van der Waals surface area contributed by atoms with Gasteiger partial charge in [0.05, 0.1) is 13.2 Å². The Morgan fingerprint density at radius 2 is 1.75 bits per heavy atom. The van der Waals surface area contributed by atoms with Crippen LogP contribution in [0.3, 0.4) is 0 Å². The van der Waals surface area contributed by atoms with Gasteiger partial charge in [-0.05, 0) is 23.5 Å². The van der Waals surface area contributed by atoms with Crippen LogP contribution in [0.15, 0.2) is 29.3 Å². The van der Waals surface area contributed by atoms with Gasteiger partial charge in [0.2, 0.25) is 5.91 Å². The Bertz CT molecular complexity index is 719. The molecule has 1 atom stereocenters. The molecule has 0 saturated carbocycles. The Labute approximate surface area is 193 Å². The van der Waals surface area contributed by atoms with E-state index in [9.17, 15) is 4.79 Å². The summed E-state index contributed by atoms with van der Waals surface area (Å²) in [4.78, 5) is 21.5. The van der Waals surface area contributed by atoms with Gasteiger partial charge in [0, 0.05) is 58.8 Å². The summed E-state index contributed by atoms with van der Waals surface area (Å²) in [7, 11) is 1.81. The van der Waals surface area contributed by atoms with Crippen molar-refractivity contribution in [1.29, 1.82) is 0 Å². The number of benzene rings is 1. The molecule has 0 bridgehead atoms. The van der Waals surface area contributed by atoms with Gasteiger partial charge in [-0.2, -0.15) is 0 Å². The first-order chi connectivity index (χ1) is 15.7. The van der Waals surface area contributed by atoms with Crippen molar-refractivity contribution in [3.8, 4) is 0 Å². The maximum absolute atomic E-state index is 12.6. The number of nitrogens with one attached hydrogen (secondary N) is 2. The lowest BCUT2D eigenvalue weighted by atomic mass is 9.92. The highest BCUT2D eigenvalue weighted by molar-refractivity contribution is 5.80. The van der Waals surface area contributed by atoms with E-state index in [4.69, 9.17) is 4.74 Å². The number of amides is 1. The van der Waals surface area contributed by atoms with Gasteiger partial charge in [0.15, 0.2) is 5.96 Å². The van der Waals surface area contributed by atoms with Crippen LogP contribution in [0.2, 0.25) is 0 Å². The van der Waals surface area contributed by atoms with E-state index in [0.717, 1.165) is 64.9 Å². The van der Waals surface area contributed by atoms with Gasteiger partial charge in [0.1, 0.15) is 0 Å². The summed E-state index contributed by atoms with van der Waals surface area (Å²) >= 11 is 0. The molecule has 0 aliphatic carbocycles. The quantitative estimate of drug-likeness (QED) is 0.331. The van der Waals surface area contributed by atoms with E-state index < -0.39 is 0 Å². The predicted octanol–water partition coefficient (Wildman–Crippen LogP) is 2.61. The number of carbonyl (C=O) groups excluding carboxylic acids is 1. The standard InChI is InChI=1S/C25H41N5O2/c1-4-20(5-2)23(29-13-15-32-16-14-29)17-28-25(26-3)27-12-8-11-24(31)30-18-21-9-6-7-10-22(21)19-30/h6-7,9-10,20,23H,4-5,8,11-19H2,1-3H3,(H2,26,27,28). The molecule has 32 heavy (non-hydrogen) atoms. The van der Waals surface area contributed by atoms with Gasteiger partial charge in [-0.15, -0.1) is 0 Å². The number of hydrogen-bond acceptors (Lipinski definition) is 4. The fourth-order valence-electron chi connectivity index (χ4n) is 4.87. The molecule has 1 amide bonds. The van der Waals surface area contributed by atoms with Crippen molar-refractivity contribution in [3.63, 3.8) is 0 Å². The lowest BCUT2D eigenvalue weighted by molar-refractivity contribution is -0.131. The number of carbonyl (C=O) groups is 1. The van der Waals surface area contributed by atoms with Crippen LogP contribution in [0.4, 0.5) is 0 Å². The molecule has 3 rings (SSSR count). The topological polar surface area (TPSA) is 69.2 Å². The third-order valence-corrected chi connectivity index (χ3v) is 6.86. The molecule has 2 aliphatic heterocycles. The van der Waals surface area contributed by atoms with Crippen molar-refractivity contribution in [2.45, 2.75) is 58.7 Å². The zero-order chi connectivity index (χ0) is 22.8. The molecular formula is C25H41N5O2. The predicted molar refractivity (Wildman–Crippen MR) is 130 cm³/mol. The van der Waals surface area contributed by atoms with Gasteiger partial charge >= 0.3 is 0 Å². The molecule has 0 aromatic heterocycles. The summed E-state index contributed by atoms with van der Waals surface area (Å²) in [6.45, 7) is 11.3. The number of nitrogens with zero attached hydrogens (tertiary/aromatic N) is 3. The number of aliphatic imine (C=N–C) groups is 1. The Hall–Kier alpha value is -2.12. The fourth-order valence-corrected chi connectivity index (χ4v) is 4.87. The Morgan fingerprint density at radius 3 is 2.34 bits per heavy atom. The first kappa shape index (κ1) is 24.5. The van der Waals surface area contributed by atoms with Crippen molar-refractivity contribution >= 4 is 11.9 Å². The molecule has 1 aromatic carbocycles. The monoisotopic (exact) mass is 443 g/mol. The number of hydrogen-bond donors (Lipinski definition) is 2. The molecule has 1 unspecified atom stereocenters. The lowest BCUT2D eigenvalue weighted by Crippen LogP contribution is -2.53. The van der Waals surface area contributed by atoms with Crippen LogP contribution in [-0.2, 0) is 22.6 Å². The molecule has 2 heterocycles. The number of rotatable bonds is 10. The molecule has 0 radical (unpaired) electrons. The molecule has 1 saturated heterocycles. The Morgan fingerprint density at radius 1 is 1.09 bits per heavy atom. The van der Waals surface area contributed by atoms with E-state index in [1.54, 1.807) is 0 Å². The summed E-state index contributed by atoms with van der Waals surface area (Å²) in [5, 5.41) is 6.92. The molecule has 1 fully saturated rings. The Kier molecular flexibility index (Phi) is 9.81. The van der Waals surface area contributed by atoms with Crippen LogP contribution in [0.5, 0.6) is 0 Å². The Balaban J connectivity index is 1.39. The van der Waals surface area contributed by atoms with E-state index in [2.05, 4.69) is 46.5 Å². The van der Waals surface area contributed by atoms with Crippen LogP contribution in [-0.4, -0.2) is 74.1 Å². The summed E-state index contributed by atoms with van der Waals surface area (Å²) in [5.41, 5.74) is 2.55. The second kappa shape index (κ2) is 12.8. The minimum atomic E-state index is 0.229. The molecule has 178 valence electrons. The summed E-state index contributed by atoms with van der Waals surface area (Å²) in [5.74, 6) is 1.70. The van der Waals surface area contributed by atoms with E-state index >= 15 is 0 Å². The molecule has 7 heteroatoms. The highest BCUT2D eigenvalue weighted by Gasteiger charge is 2.27. The van der Waals surface area contributed by atoms with Crippen molar-refractivity contribution in [2.75, 3.05) is 46.4 Å². The number of ether oxygens (including phenoxy) is 1. The van der Waals surface area contributed by atoms with Crippen molar-refractivity contribution in [2.24, 2.45) is 10.9 Å². The van der Waals surface area contributed by atoms with Crippen LogP contribution in [0.1, 0.15) is 50.7 Å². The smallest absolute Gasteiger partial charge is 0.223 e. The fraction of sp³-hybridized carbons (Fsp3) is 0.680. The van der Waals surface area contributed by atoms with Gasteiger partial charge in [-0.1, -0.05) is 51.0 Å². The summed E-state index contributed by atoms with van der Waals surface area (Å²) in [6.07, 6.45) is 3.71. The van der Waals surface area contributed by atoms with Crippen molar-refractivity contribution < 1.29 is 9.53 Å². The average Bonchev–Trinajstić information content (AvgIpc) is 3.28. The van der Waals surface area contributed by atoms with Crippen molar-refractivity contribution in [3.05, 3.63) is 35.4 Å². The number of fused-ring (bicyclic) bond motifs is 1. The van der Waals surface area contributed by atoms with Gasteiger partial charge in [0.25, 0.3) is 0 Å². The second-order valence-corrected chi connectivity index (χ2v) is 8.79. The zero-order valence-electron chi connectivity index (χ0n) is 20.1. The lowest BCUT2D eigenvalue weighted by Gasteiger charge is -2.39. The average molecular weight is 444 g/mol. The third-order valence-electron chi connectivity index (χ3n) is 6.86. The van der Waals surface area contributed by atoms with Crippen LogP contribution in [0.25, 0.3) is 0 Å². The molecule has 0 spiro atoms.